The maximum atomic E-state index is 12.5. The number of rotatable bonds is 4. The van der Waals surface area contributed by atoms with Gasteiger partial charge in [0.25, 0.3) is 5.91 Å². The zero-order chi connectivity index (χ0) is 17.1. The predicted octanol–water partition coefficient (Wildman–Crippen LogP) is 3.22. The zero-order valence-electron chi connectivity index (χ0n) is 13.3. The van der Waals surface area contributed by atoms with Crippen LogP contribution in [0.2, 0.25) is 0 Å². The lowest BCUT2D eigenvalue weighted by Gasteiger charge is -2.16. The van der Waals surface area contributed by atoms with E-state index in [4.69, 9.17) is 0 Å². The minimum atomic E-state index is -0.121. The number of halogens is 1. The van der Waals surface area contributed by atoms with E-state index in [1.165, 1.54) is 6.33 Å². The predicted molar refractivity (Wildman–Crippen MR) is 93.9 cm³/mol. The highest BCUT2D eigenvalue weighted by Gasteiger charge is 2.14. The summed E-state index contributed by atoms with van der Waals surface area (Å²) in [7, 11) is 0. The molecule has 2 aromatic carbocycles. The lowest BCUT2D eigenvalue weighted by Crippen LogP contribution is -2.27. The summed E-state index contributed by atoms with van der Waals surface area (Å²) in [5, 5.41) is 14.1. The highest BCUT2D eigenvalue weighted by molar-refractivity contribution is 9.10. The summed E-state index contributed by atoms with van der Waals surface area (Å²) in [5.74, 6) is -0.121. The summed E-state index contributed by atoms with van der Waals surface area (Å²) < 4.78 is 2.55. The molecule has 3 aromatic rings. The minimum absolute atomic E-state index is 0.104. The van der Waals surface area contributed by atoms with Crippen LogP contribution in [0.1, 0.15) is 34.5 Å². The number of aryl methyl sites for hydroxylation is 1. The van der Waals surface area contributed by atoms with Crippen LogP contribution in [0.15, 0.2) is 53.3 Å². The van der Waals surface area contributed by atoms with E-state index in [1.54, 1.807) is 10.7 Å². The largest absolute Gasteiger partial charge is 0.345 e. The SMILES string of the molecule is Cc1cc(C(=O)NC(C)c2ccccc2Br)ccc1-n1cnnn1. The quantitative estimate of drug-likeness (QED) is 0.747. The molecule has 1 heterocycles. The Hall–Kier alpha value is -2.54. The van der Waals surface area contributed by atoms with Gasteiger partial charge in [0.05, 0.1) is 11.7 Å². The van der Waals surface area contributed by atoms with Crippen molar-refractivity contribution in [3.8, 4) is 5.69 Å². The van der Waals surface area contributed by atoms with E-state index in [0.717, 1.165) is 21.3 Å². The molecule has 1 aromatic heterocycles. The molecule has 0 aliphatic carbocycles. The van der Waals surface area contributed by atoms with E-state index in [0.29, 0.717) is 5.56 Å². The molecule has 24 heavy (non-hydrogen) atoms. The number of tetrazole rings is 1. The summed E-state index contributed by atoms with van der Waals surface area (Å²) in [5.41, 5.74) is 3.40. The van der Waals surface area contributed by atoms with Crippen molar-refractivity contribution in [3.63, 3.8) is 0 Å². The molecule has 0 aliphatic rings. The molecule has 0 aliphatic heterocycles. The number of carbonyl (C=O) groups excluding carboxylic acids is 1. The van der Waals surface area contributed by atoms with Crippen LogP contribution in [0.3, 0.4) is 0 Å². The van der Waals surface area contributed by atoms with Gasteiger partial charge in [-0.1, -0.05) is 34.1 Å². The molecule has 1 amide bonds. The van der Waals surface area contributed by atoms with Gasteiger partial charge in [0.2, 0.25) is 0 Å². The Morgan fingerprint density at radius 2 is 2.04 bits per heavy atom. The standard InChI is InChI=1S/C17H16BrN5O/c1-11-9-13(7-8-16(11)23-10-19-21-22-23)17(24)20-12(2)14-5-3-4-6-15(14)18/h3-10,12H,1-2H3,(H,20,24). The molecule has 0 radical (unpaired) electrons. The molecule has 0 saturated heterocycles. The third kappa shape index (κ3) is 3.35. The monoisotopic (exact) mass is 385 g/mol. The maximum Gasteiger partial charge on any atom is 0.251 e. The first-order chi connectivity index (χ1) is 11.6. The molecule has 1 atom stereocenters. The molecule has 1 N–H and O–H groups in total. The molecule has 7 heteroatoms. The molecule has 0 saturated carbocycles. The van der Waals surface area contributed by atoms with E-state index < -0.39 is 0 Å². The van der Waals surface area contributed by atoms with Crippen molar-refractivity contribution in [3.05, 3.63) is 70.0 Å². The van der Waals surface area contributed by atoms with Gasteiger partial charge in [-0.3, -0.25) is 4.79 Å². The third-order valence-corrected chi connectivity index (χ3v) is 4.50. The molecule has 6 nitrogen and oxygen atoms in total. The third-order valence-electron chi connectivity index (χ3n) is 3.77. The highest BCUT2D eigenvalue weighted by Crippen LogP contribution is 2.23. The van der Waals surface area contributed by atoms with Crippen molar-refractivity contribution in [1.82, 2.24) is 25.5 Å². The Morgan fingerprint density at radius 1 is 1.25 bits per heavy atom. The van der Waals surface area contributed by atoms with Crippen LogP contribution >= 0.6 is 15.9 Å². The molecular formula is C17H16BrN5O. The molecule has 122 valence electrons. The van der Waals surface area contributed by atoms with Gasteiger partial charge in [-0.2, -0.15) is 0 Å². The number of carbonyl (C=O) groups is 1. The van der Waals surface area contributed by atoms with Gasteiger partial charge in [0, 0.05) is 10.0 Å². The number of nitrogens with zero attached hydrogens (tertiary/aromatic N) is 4. The first kappa shape index (κ1) is 16.3. The van der Waals surface area contributed by atoms with E-state index in [-0.39, 0.29) is 11.9 Å². The van der Waals surface area contributed by atoms with E-state index >= 15 is 0 Å². The van der Waals surface area contributed by atoms with Gasteiger partial charge in [-0.25, -0.2) is 4.68 Å². The number of aromatic nitrogens is 4. The Bertz CT molecular complexity index is 863. The van der Waals surface area contributed by atoms with Gasteiger partial charge >= 0.3 is 0 Å². The summed E-state index contributed by atoms with van der Waals surface area (Å²) in [6.07, 6.45) is 1.52. The fourth-order valence-corrected chi connectivity index (χ4v) is 3.14. The van der Waals surface area contributed by atoms with E-state index in [1.807, 2.05) is 50.2 Å². The fraction of sp³-hybridized carbons (Fsp3) is 0.176. The second kappa shape index (κ2) is 6.92. The second-order valence-corrected chi connectivity index (χ2v) is 6.33. The summed E-state index contributed by atoms with van der Waals surface area (Å²) in [6, 6.07) is 13.2. The summed E-state index contributed by atoms with van der Waals surface area (Å²) in [4.78, 5) is 12.5. The Balaban J connectivity index is 1.78. The van der Waals surface area contributed by atoms with Gasteiger partial charge in [0.1, 0.15) is 6.33 Å². The van der Waals surface area contributed by atoms with Crippen LogP contribution in [0, 0.1) is 6.92 Å². The Kier molecular flexibility index (Phi) is 4.71. The van der Waals surface area contributed by atoms with E-state index in [9.17, 15) is 4.79 Å². The Labute approximate surface area is 148 Å². The van der Waals surface area contributed by atoms with Crippen LogP contribution in [0.25, 0.3) is 5.69 Å². The van der Waals surface area contributed by atoms with Crippen molar-refractivity contribution >= 4 is 21.8 Å². The first-order valence-corrected chi connectivity index (χ1v) is 8.25. The van der Waals surface area contributed by atoms with Crippen LogP contribution in [-0.2, 0) is 0 Å². The first-order valence-electron chi connectivity index (χ1n) is 7.45. The fourth-order valence-electron chi connectivity index (χ4n) is 2.51. The second-order valence-electron chi connectivity index (χ2n) is 5.47. The number of hydrogen-bond acceptors (Lipinski definition) is 4. The lowest BCUT2D eigenvalue weighted by molar-refractivity contribution is 0.0939. The van der Waals surface area contributed by atoms with Gasteiger partial charge < -0.3 is 5.32 Å². The van der Waals surface area contributed by atoms with Crippen molar-refractivity contribution in [1.29, 1.82) is 0 Å². The lowest BCUT2D eigenvalue weighted by atomic mass is 10.1. The molecular weight excluding hydrogens is 370 g/mol. The highest BCUT2D eigenvalue weighted by atomic mass is 79.9. The van der Waals surface area contributed by atoms with Crippen molar-refractivity contribution in [2.45, 2.75) is 19.9 Å². The summed E-state index contributed by atoms with van der Waals surface area (Å²) in [6.45, 7) is 3.88. The van der Waals surface area contributed by atoms with Crippen LogP contribution in [-0.4, -0.2) is 26.1 Å². The smallest absolute Gasteiger partial charge is 0.251 e. The molecule has 1 unspecified atom stereocenters. The number of hydrogen-bond donors (Lipinski definition) is 1. The molecule has 0 spiro atoms. The van der Waals surface area contributed by atoms with Crippen molar-refractivity contribution in [2.24, 2.45) is 0 Å². The molecule has 0 bridgehead atoms. The Morgan fingerprint density at radius 3 is 2.71 bits per heavy atom. The average molecular weight is 386 g/mol. The van der Waals surface area contributed by atoms with Gasteiger partial charge in [0.15, 0.2) is 0 Å². The van der Waals surface area contributed by atoms with Crippen LogP contribution in [0.4, 0.5) is 0 Å². The molecule has 0 fully saturated rings. The normalized spacial score (nSPS) is 12.0. The van der Waals surface area contributed by atoms with Crippen LogP contribution in [0.5, 0.6) is 0 Å². The van der Waals surface area contributed by atoms with Gasteiger partial charge in [-0.15, -0.1) is 5.10 Å². The van der Waals surface area contributed by atoms with Gasteiger partial charge in [-0.05, 0) is 59.7 Å². The van der Waals surface area contributed by atoms with Crippen molar-refractivity contribution < 1.29 is 4.79 Å². The minimum Gasteiger partial charge on any atom is -0.345 e. The summed E-state index contributed by atoms with van der Waals surface area (Å²) >= 11 is 3.51. The zero-order valence-corrected chi connectivity index (χ0v) is 14.9. The topological polar surface area (TPSA) is 72.7 Å². The van der Waals surface area contributed by atoms with Crippen molar-refractivity contribution in [2.75, 3.05) is 0 Å². The number of amides is 1. The van der Waals surface area contributed by atoms with E-state index in [2.05, 4.69) is 36.8 Å². The van der Waals surface area contributed by atoms with Crippen LogP contribution < -0.4 is 5.32 Å². The maximum absolute atomic E-state index is 12.5. The number of nitrogens with one attached hydrogen (secondary N) is 1. The number of benzene rings is 2. The average Bonchev–Trinajstić information content (AvgIpc) is 3.09. The molecule has 3 rings (SSSR count).